The van der Waals surface area contributed by atoms with Gasteiger partial charge in [-0.15, -0.1) is 0 Å². The van der Waals surface area contributed by atoms with Crippen molar-refractivity contribution in [3.63, 3.8) is 0 Å². The summed E-state index contributed by atoms with van der Waals surface area (Å²) in [5, 5.41) is 20.6. The van der Waals surface area contributed by atoms with Crippen LogP contribution in [-0.2, 0) is 4.79 Å². The molecule has 0 aromatic carbocycles. The highest BCUT2D eigenvalue weighted by molar-refractivity contribution is 5.93. The number of aliphatic hydroxyl groups is 2. The fourth-order valence-corrected chi connectivity index (χ4v) is 5.40. The van der Waals surface area contributed by atoms with Crippen molar-refractivity contribution < 1.29 is 15.0 Å². The molecule has 22 heavy (non-hydrogen) atoms. The van der Waals surface area contributed by atoms with Crippen LogP contribution in [-0.4, -0.2) is 28.2 Å². The second-order valence-corrected chi connectivity index (χ2v) is 8.12. The van der Waals surface area contributed by atoms with E-state index in [4.69, 9.17) is 0 Å². The number of ketones is 1. The lowest BCUT2D eigenvalue weighted by atomic mass is 9.45. The molecule has 0 bridgehead atoms. The van der Waals surface area contributed by atoms with Gasteiger partial charge in [0.25, 0.3) is 0 Å². The van der Waals surface area contributed by atoms with E-state index < -0.39 is 6.10 Å². The molecule has 3 rings (SSSR count). The largest absolute Gasteiger partial charge is 0.393 e. The Bertz CT molecular complexity index is 452. The van der Waals surface area contributed by atoms with Crippen LogP contribution in [0, 0.1) is 29.1 Å². The molecular formula is C19H30O3. The summed E-state index contributed by atoms with van der Waals surface area (Å²) in [6, 6.07) is 0. The van der Waals surface area contributed by atoms with E-state index in [0.29, 0.717) is 18.1 Å². The first-order valence-corrected chi connectivity index (χ1v) is 9.02. The molecule has 0 aromatic rings. The predicted octanol–water partition coefficient (Wildman–Crippen LogP) is 3.10. The van der Waals surface area contributed by atoms with Gasteiger partial charge in [0.15, 0.2) is 0 Å². The molecule has 3 nitrogen and oxygen atoms in total. The highest BCUT2D eigenvalue weighted by Gasteiger charge is 2.61. The number of carbonyl (C=O) groups excluding carboxylic acids is 1. The Morgan fingerprint density at radius 3 is 2.68 bits per heavy atom. The zero-order chi connectivity index (χ0) is 15.9. The van der Waals surface area contributed by atoms with Crippen LogP contribution in [0.5, 0.6) is 0 Å². The highest BCUT2D eigenvalue weighted by atomic mass is 16.3. The van der Waals surface area contributed by atoms with E-state index in [-0.39, 0.29) is 29.3 Å². The second-order valence-electron chi connectivity index (χ2n) is 8.12. The average Bonchev–Trinajstić information content (AvgIpc) is 3.00. The first kappa shape index (κ1) is 16.2. The van der Waals surface area contributed by atoms with E-state index in [2.05, 4.69) is 6.92 Å². The molecule has 1 unspecified atom stereocenters. The molecule has 3 aliphatic rings. The molecule has 3 fully saturated rings. The fraction of sp³-hybridized carbons (Fsp3) is 0.842. The van der Waals surface area contributed by atoms with E-state index in [1.807, 2.05) is 19.1 Å². The van der Waals surface area contributed by atoms with E-state index in [0.717, 1.165) is 12.8 Å². The quantitative estimate of drug-likeness (QED) is 0.785. The molecule has 0 spiro atoms. The third-order valence-electron chi connectivity index (χ3n) is 6.67. The summed E-state index contributed by atoms with van der Waals surface area (Å²) in [6.07, 6.45) is 10.5. The Hall–Kier alpha value is -0.670. The molecule has 2 N–H and O–H groups in total. The summed E-state index contributed by atoms with van der Waals surface area (Å²) < 4.78 is 0. The molecule has 3 aliphatic carbocycles. The summed E-state index contributed by atoms with van der Waals surface area (Å²) in [4.78, 5) is 12.2. The Morgan fingerprint density at radius 2 is 2.00 bits per heavy atom. The normalized spacial score (nSPS) is 44.1. The smallest absolute Gasteiger partial charge is 0.142 e. The minimum Gasteiger partial charge on any atom is -0.393 e. The van der Waals surface area contributed by atoms with Crippen LogP contribution in [0.4, 0.5) is 0 Å². The monoisotopic (exact) mass is 306 g/mol. The number of carbonyl (C=O) groups is 1. The number of rotatable bonds is 4. The van der Waals surface area contributed by atoms with E-state index in [1.165, 1.54) is 25.7 Å². The maximum Gasteiger partial charge on any atom is 0.142 e. The van der Waals surface area contributed by atoms with Crippen LogP contribution in [0.3, 0.4) is 0 Å². The van der Waals surface area contributed by atoms with Gasteiger partial charge < -0.3 is 10.2 Å². The van der Waals surface area contributed by atoms with Crippen molar-refractivity contribution in [3.8, 4) is 0 Å². The molecule has 6 atom stereocenters. The van der Waals surface area contributed by atoms with Gasteiger partial charge in [0.2, 0.25) is 0 Å². The lowest BCUT2D eigenvalue weighted by Gasteiger charge is -2.57. The van der Waals surface area contributed by atoms with Crippen LogP contribution >= 0.6 is 0 Å². The van der Waals surface area contributed by atoms with Crippen molar-refractivity contribution in [1.82, 2.24) is 0 Å². The topological polar surface area (TPSA) is 57.5 Å². The van der Waals surface area contributed by atoms with Crippen LogP contribution < -0.4 is 0 Å². The minimum absolute atomic E-state index is 0.0182. The van der Waals surface area contributed by atoms with Gasteiger partial charge in [-0.25, -0.2) is 0 Å². The SMILES string of the molecule is CC1C(=O)[C@@]2(C)CC[C@@H](O)[C@H](/C=C/[C@@H](O)CC3CCCC3)[C@@H]12. The Morgan fingerprint density at radius 1 is 1.32 bits per heavy atom. The Kier molecular flexibility index (Phi) is 4.48. The summed E-state index contributed by atoms with van der Waals surface area (Å²) in [7, 11) is 0. The average molecular weight is 306 g/mol. The van der Waals surface area contributed by atoms with Crippen molar-refractivity contribution in [2.75, 3.05) is 0 Å². The zero-order valence-electron chi connectivity index (χ0n) is 13.9. The summed E-state index contributed by atoms with van der Waals surface area (Å²) in [6.45, 7) is 4.05. The number of hydrogen-bond donors (Lipinski definition) is 2. The summed E-state index contributed by atoms with van der Waals surface area (Å²) >= 11 is 0. The fourth-order valence-electron chi connectivity index (χ4n) is 5.40. The van der Waals surface area contributed by atoms with Crippen molar-refractivity contribution >= 4 is 5.78 Å². The first-order valence-electron chi connectivity index (χ1n) is 9.02. The van der Waals surface area contributed by atoms with Gasteiger partial charge in [-0.2, -0.15) is 0 Å². The highest BCUT2D eigenvalue weighted by Crippen LogP contribution is 2.58. The molecule has 0 radical (unpaired) electrons. The van der Waals surface area contributed by atoms with Gasteiger partial charge in [-0.3, -0.25) is 4.79 Å². The molecule has 0 heterocycles. The molecular weight excluding hydrogens is 276 g/mol. The van der Waals surface area contributed by atoms with E-state index in [1.54, 1.807) is 0 Å². The van der Waals surface area contributed by atoms with Crippen LogP contribution in [0.25, 0.3) is 0 Å². The van der Waals surface area contributed by atoms with Gasteiger partial charge in [-0.1, -0.05) is 51.7 Å². The predicted molar refractivity (Wildman–Crippen MR) is 86.2 cm³/mol. The lowest BCUT2D eigenvalue weighted by molar-refractivity contribution is -0.170. The maximum absolute atomic E-state index is 12.2. The zero-order valence-corrected chi connectivity index (χ0v) is 13.9. The van der Waals surface area contributed by atoms with Gasteiger partial charge in [-0.05, 0) is 31.1 Å². The summed E-state index contributed by atoms with van der Waals surface area (Å²) in [5.41, 5.74) is -0.246. The van der Waals surface area contributed by atoms with Crippen LogP contribution in [0.1, 0.15) is 58.8 Å². The minimum atomic E-state index is -0.408. The molecule has 3 saturated carbocycles. The van der Waals surface area contributed by atoms with Crippen molar-refractivity contribution in [3.05, 3.63) is 12.2 Å². The molecule has 3 heteroatoms. The number of hydrogen-bond acceptors (Lipinski definition) is 3. The van der Waals surface area contributed by atoms with Crippen molar-refractivity contribution in [2.24, 2.45) is 29.1 Å². The van der Waals surface area contributed by atoms with E-state index in [9.17, 15) is 15.0 Å². The maximum atomic E-state index is 12.2. The Balaban J connectivity index is 1.64. The molecule has 0 saturated heterocycles. The standard InChI is InChI=1S/C19H30O3/c1-12-17-15(16(21)9-10-19(17,2)18(12)22)8-7-14(20)11-13-5-3-4-6-13/h7-8,12-17,20-21H,3-6,9-11H2,1-2H3/b8-7+/t12?,14-,15+,16-,17-,19+/m1/s1. The summed E-state index contributed by atoms with van der Waals surface area (Å²) in [5.74, 6) is 1.31. The second kappa shape index (κ2) is 6.09. The molecule has 0 amide bonds. The van der Waals surface area contributed by atoms with Gasteiger partial charge >= 0.3 is 0 Å². The Labute approximate surface area is 133 Å². The lowest BCUT2D eigenvalue weighted by Crippen LogP contribution is -2.62. The van der Waals surface area contributed by atoms with Gasteiger partial charge in [0.05, 0.1) is 12.2 Å². The third-order valence-corrected chi connectivity index (χ3v) is 6.67. The molecule has 0 aromatic heterocycles. The van der Waals surface area contributed by atoms with Crippen molar-refractivity contribution in [2.45, 2.75) is 71.0 Å². The number of Topliss-reactive ketones (excluding diaryl/α,β-unsaturated/α-hetero) is 1. The van der Waals surface area contributed by atoms with Gasteiger partial charge in [0.1, 0.15) is 5.78 Å². The molecule has 124 valence electrons. The van der Waals surface area contributed by atoms with Gasteiger partial charge in [0, 0.05) is 17.3 Å². The van der Waals surface area contributed by atoms with E-state index >= 15 is 0 Å². The van der Waals surface area contributed by atoms with Crippen LogP contribution in [0.2, 0.25) is 0 Å². The number of aliphatic hydroxyl groups excluding tert-OH is 2. The van der Waals surface area contributed by atoms with Crippen molar-refractivity contribution in [1.29, 1.82) is 0 Å². The third kappa shape index (κ3) is 2.67. The van der Waals surface area contributed by atoms with Crippen LogP contribution in [0.15, 0.2) is 12.2 Å². The molecule has 0 aliphatic heterocycles. The first-order chi connectivity index (χ1) is 10.4. The number of fused-ring (bicyclic) bond motifs is 1.